The number of hydrogen-bond donors (Lipinski definition) is 0. The van der Waals surface area contributed by atoms with Gasteiger partial charge < -0.3 is 4.90 Å². The van der Waals surface area contributed by atoms with Gasteiger partial charge in [-0.3, -0.25) is 0 Å². The summed E-state index contributed by atoms with van der Waals surface area (Å²) < 4.78 is 13.0. The van der Waals surface area contributed by atoms with Gasteiger partial charge in [0, 0.05) is 24.7 Å². The number of nitrogens with zero attached hydrogens (tertiary/aromatic N) is 4. The van der Waals surface area contributed by atoms with Gasteiger partial charge in [0.25, 0.3) is 0 Å². The van der Waals surface area contributed by atoms with Crippen LogP contribution in [0.2, 0.25) is 0 Å². The maximum Gasteiger partial charge on any atom is 0.227 e. The minimum absolute atomic E-state index is 0.287. The molecular weight excluding hydrogens is 267 g/mol. The Morgan fingerprint density at radius 2 is 1.76 bits per heavy atom. The van der Waals surface area contributed by atoms with Gasteiger partial charge in [-0.1, -0.05) is 0 Å². The summed E-state index contributed by atoms with van der Waals surface area (Å²) in [4.78, 5) is 11.0. The van der Waals surface area contributed by atoms with Gasteiger partial charge in [0.05, 0.1) is 5.69 Å². The second-order valence-corrected chi connectivity index (χ2v) is 5.10. The van der Waals surface area contributed by atoms with Crippen molar-refractivity contribution in [1.82, 2.24) is 9.97 Å². The fourth-order valence-electron chi connectivity index (χ4n) is 2.50. The van der Waals surface area contributed by atoms with Gasteiger partial charge in [-0.25, -0.2) is 14.4 Å². The van der Waals surface area contributed by atoms with Crippen molar-refractivity contribution in [3.8, 4) is 17.3 Å². The predicted molar refractivity (Wildman–Crippen MR) is 78.2 cm³/mol. The zero-order valence-corrected chi connectivity index (χ0v) is 11.6. The third-order valence-corrected chi connectivity index (χ3v) is 3.61. The molecule has 0 aliphatic carbocycles. The molecule has 1 saturated heterocycles. The molecule has 0 amide bonds. The van der Waals surface area contributed by atoms with Crippen molar-refractivity contribution >= 4 is 5.95 Å². The monoisotopic (exact) mass is 282 g/mol. The van der Waals surface area contributed by atoms with Crippen LogP contribution in [0.3, 0.4) is 0 Å². The Balaban J connectivity index is 2.00. The lowest BCUT2D eigenvalue weighted by atomic mass is 10.1. The number of piperidine rings is 1. The fraction of sp³-hybridized carbons (Fsp3) is 0.312. The third-order valence-electron chi connectivity index (χ3n) is 3.61. The predicted octanol–water partition coefficient (Wildman–Crippen LogP) is 3.14. The van der Waals surface area contributed by atoms with Gasteiger partial charge >= 0.3 is 0 Å². The molecule has 0 atom stereocenters. The summed E-state index contributed by atoms with van der Waals surface area (Å²) in [6.45, 7) is 1.83. The molecule has 1 aromatic carbocycles. The van der Waals surface area contributed by atoms with E-state index in [-0.39, 0.29) is 5.82 Å². The number of benzene rings is 1. The van der Waals surface area contributed by atoms with Crippen molar-refractivity contribution in [2.75, 3.05) is 18.0 Å². The Morgan fingerprint density at radius 3 is 2.43 bits per heavy atom. The first-order valence-corrected chi connectivity index (χ1v) is 7.06. The quantitative estimate of drug-likeness (QED) is 0.849. The number of anilines is 1. The highest BCUT2D eigenvalue weighted by Gasteiger charge is 2.16. The van der Waals surface area contributed by atoms with Crippen LogP contribution in [0.4, 0.5) is 10.3 Å². The number of halogens is 1. The van der Waals surface area contributed by atoms with Crippen LogP contribution >= 0.6 is 0 Å². The zero-order chi connectivity index (χ0) is 14.7. The van der Waals surface area contributed by atoms with E-state index in [1.165, 1.54) is 18.6 Å². The van der Waals surface area contributed by atoms with Crippen molar-refractivity contribution in [2.24, 2.45) is 0 Å². The molecule has 4 nitrogen and oxygen atoms in total. The Hall–Kier alpha value is -2.48. The molecule has 2 heterocycles. The average molecular weight is 282 g/mol. The molecule has 0 N–H and O–H groups in total. The standard InChI is InChI=1S/C16H15FN4/c17-13-6-4-12(5-7-13)15-10-14(11-18)19-16(20-15)21-8-2-1-3-9-21/h4-7,10H,1-3,8-9H2. The molecule has 0 saturated carbocycles. The van der Waals surface area contributed by atoms with E-state index in [0.29, 0.717) is 17.3 Å². The van der Waals surface area contributed by atoms with E-state index in [4.69, 9.17) is 5.26 Å². The van der Waals surface area contributed by atoms with Crippen LogP contribution in [0, 0.1) is 17.1 Å². The Labute approximate surface area is 122 Å². The second-order valence-electron chi connectivity index (χ2n) is 5.10. The summed E-state index contributed by atoms with van der Waals surface area (Å²) in [5.74, 6) is 0.303. The van der Waals surface area contributed by atoms with E-state index in [9.17, 15) is 4.39 Å². The topological polar surface area (TPSA) is 52.8 Å². The molecule has 21 heavy (non-hydrogen) atoms. The number of hydrogen-bond acceptors (Lipinski definition) is 4. The lowest BCUT2D eigenvalue weighted by Crippen LogP contribution is -2.31. The maximum atomic E-state index is 13.0. The van der Waals surface area contributed by atoms with Crippen molar-refractivity contribution in [1.29, 1.82) is 5.26 Å². The normalized spacial score (nSPS) is 14.8. The number of aromatic nitrogens is 2. The molecule has 1 fully saturated rings. The van der Waals surface area contributed by atoms with E-state index < -0.39 is 0 Å². The summed E-state index contributed by atoms with van der Waals surface area (Å²) in [5, 5.41) is 9.16. The third kappa shape index (κ3) is 3.00. The van der Waals surface area contributed by atoms with Gasteiger partial charge in [0.15, 0.2) is 0 Å². The molecule has 5 heteroatoms. The molecule has 3 rings (SSSR count). The lowest BCUT2D eigenvalue weighted by molar-refractivity contribution is 0.568. The van der Waals surface area contributed by atoms with Crippen LogP contribution < -0.4 is 4.90 Å². The largest absolute Gasteiger partial charge is 0.341 e. The highest BCUT2D eigenvalue weighted by molar-refractivity contribution is 5.62. The molecule has 106 valence electrons. The zero-order valence-electron chi connectivity index (χ0n) is 11.6. The van der Waals surface area contributed by atoms with Gasteiger partial charge in [-0.05, 0) is 43.5 Å². The van der Waals surface area contributed by atoms with E-state index in [0.717, 1.165) is 31.5 Å². The first kappa shape index (κ1) is 13.5. The maximum absolute atomic E-state index is 13.0. The summed E-state index contributed by atoms with van der Waals surface area (Å²) in [6.07, 6.45) is 3.46. The summed E-state index contributed by atoms with van der Waals surface area (Å²) in [5.41, 5.74) is 1.78. The number of nitriles is 1. The highest BCUT2D eigenvalue weighted by Crippen LogP contribution is 2.22. The van der Waals surface area contributed by atoms with Gasteiger partial charge in [-0.2, -0.15) is 5.26 Å². The van der Waals surface area contributed by atoms with Crippen LogP contribution in [0.25, 0.3) is 11.3 Å². The summed E-state index contributed by atoms with van der Waals surface area (Å²) in [6, 6.07) is 9.83. The summed E-state index contributed by atoms with van der Waals surface area (Å²) >= 11 is 0. The molecule has 0 bridgehead atoms. The molecule has 1 aliphatic heterocycles. The molecule has 2 aromatic rings. The van der Waals surface area contributed by atoms with E-state index >= 15 is 0 Å². The Bertz CT molecular complexity index is 670. The minimum atomic E-state index is -0.287. The van der Waals surface area contributed by atoms with E-state index in [1.807, 2.05) is 0 Å². The molecule has 1 aliphatic rings. The molecule has 0 spiro atoms. The van der Waals surface area contributed by atoms with Gasteiger partial charge in [0.1, 0.15) is 17.6 Å². The van der Waals surface area contributed by atoms with Crippen molar-refractivity contribution in [3.05, 3.63) is 41.8 Å². The molecule has 0 radical (unpaired) electrons. The highest BCUT2D eigenvalue weighted by atomic mass is 19.1. The molecular formula is C16H15FN4. The average Bonchev–Trinajstić information content (AvgIpc) is 2.56. The smallest absolute Gasteiger partial charge is 0.227 e. The second kappa shape index (κ2) is 5.88. The molecule has 1 aromatic heterocycles. The van der Waals surface area contributed by atoms with Crippen LogP contribution in [0.5, 0.6) is 0 Å². The minimum Gasteiger partial charge on any atom is -0.341 e. The SMILES string of the molecule is N#Cc1cc(-c2ccc(F)cc2)nc(N2CCCCC2)n1. The van der Waals surface area contributed by atoms with Crippen LogP contribution in [0.15, 0.2) is 30.3 Å². The first-order chi connectivity index (χ1) is 10.3. The van der Waals surface area contributed by atoms with Crippen LogP contribution in [-0.2, 0) is 0 Å². The lowest BCUT2D eigenvalue weighted by Gasteiger charge is -2.26. The van der Waals surface area contributed by atoms with Crippen LogP contribution in [0.1, 0.15) is 25.0 Å². The molecule has 0 unspecified atom stereocenters. The first-order valence-electron chi connectivity index (χ1n) is 7.06. The van der Waals surface area contributed by atoms with Crippen molar-refractivity contribution in [2.45, 2.75) is 19.3 Å². The van der Waals surface area contributed by atoms with Gasteiger partial charge in [0.2, 0.25) is 5.95 Å². The van der Waals surface area contributed by atoms with Crippen molar-refractivity contribution < 1.29 is 4.39 Å². The Kier molecular flexibility index (Phi) is 3.78. The van der Waals surface area contributed by atoms with Crippen molar-refractivity contribution in [3.63, 3.8) is 0 Å². The fourth-order valence-corrected chi connectivity index (χ4v) is 2.50. The Morgan fingerprint density at radius 1 is 1.05 bits per heavy atom. The van der Waals surface area contributed by atoms with E-state index in [1.54, 1.807) is 18.2 Å². The van der Waals surface area contributed by atoms with Crippen LogP contribution in [-0.4, -0.2) is 23.1 Å². The van der Waals surface area contributed by atoms with Gasteiger partial charge in [-0.15, -0.1) is 0 Å². The number of rotatable bonds is 2. The summed E-state index contributed by atoms with van der Waals surface area (Å²) in [7, 11) is 0. The van der Waals surface area contributed by atoms with E-state index in [2.05, 4.69) is 20.9 Å².